The summed E-state index contributed by atoms with van der Waals surface area (Å²) in [6.07, 6.45) is 6.76. The topological polar surface area (TPSA) is 12.0 Å². The van der Waals surface area contributed by atoms with Gasteiger partial charge in [-0.2, -0.15) is 0 Å². The maximum atomic E-state index is 3.43. The molecule has 1 aromatic rings. The van der Waals surface area contributed by atoms with Gasteiger partial charge in [0, 0.05) is 6.04 Å². The zero-order valence-corrected chi connectivity index (χ0v) is 13.3. The van der Waals surface area contributed by atoms with Crippen LogP contribution in [0.2, 0.25) is 0 Å². The number of benzene rings is 1. The molecule has 1 saturated carbocycles. The van der Waals surface area contributed by atoms with Crippen molar-refractivity contribution in [2.45, 2.75) is 65.8 Å². The Hall–Kier alpha value is -0.820. The highest BCUT2D eigenvalue weighted by atomic mass is 14.9. The maximum absolute atomic E-state index is 3.43. The average Bonchev–Trinajstić information content (AvgIpc) is 2.42. The molecule has 0 heterocycles. The van der Waals surface area contributed by atoms with E-state index >= 15 is 0 Å². The minimum absolute atomic E-state index is 0.762. The molecule has 0 aliphatic heterocycles. The predicted molar refractivity (Wildman–Crippen MR) is 83.9 cm³/mol. The van der Waals surface area contributed by atoms with E-state index in [1.807, 2.05) is 0 Å². The molecule has 106 valence electrons. The van der Waals surface area contributed by atoms with Crippen LogP contribution in [0.5, 0.6) is 0 Å². The van der Waals surface area contributed by atoms with Gasteiger partial charge in [-0.3, -0.25) is 0 Å². The predicted octanol–water partition coefficient (Wildman–Crippen LogP) is 4.24. The first-order chi connectivity index (χ1) is 9.02. The fourth-order valence-electron chi connectivity index (χ4n) is 3.55. The first-order valence-corrected chi connectivity index (χ1v) is 7.76. The highest BCUT2D eigenvalue weighted by Gasteiger charge is 2.21. The van der Waals surface area contributed by atoms with Gasteiger partial charge in [0.1, 0.15) is 0 Å². The zero-order valence-electron chi connectivity index (χ0n) is 13.3. The lowest BCUT2D eigenvalue weighted by Gasteiger charge is -2.29. The van der Waals surface area contributed by atoms with Crippen molar-refractivity contribution in [3.63, 3.8) is 0 Å². The van der Waals surface area contributed by atoms with Crippen LogP contribution < -0.4 is 5.32 Å². The Morgan fingerprint density at radius 3 is 1.95 bits per heavy atom. The van der Waals surface area contributed by atoms with Crippen molar-refractivity contribution in [2.24, 2.45) is 5.92 Å². The molecule has 0 atom stereocenters. The van der Waals surface area contributed by atoms with Crippen LogP contribution in [-0.2, 0) is 6.42 Å². The van der Waals surface area contributed by atoms with Gasteiger partial charge in [-0.15, -0.1) is 0 Å². The molecule has 1 aliphatic rings. The molecule has 1 aromatic carbocycles. The van der Waals surface area contributed by atoms with Crippen LogP contribution in [0.1, 0.15) is 53.5 Å². The van der Waals surface area contributed by atoms with Crippen molar-refractivity contribution in [3.05, 3.63) is 33.9 Å². The summed E-state index contributed by atoms with van der Waals surface area (Å²) in [6, 6.07) is 3.10. The molecule has 0 bridgehead atoms. The molecule has 2 rings (SSSR count). The minimum atomic E-state index is 0.762. The smallest absolute Gasteiger partial charge is 0.00642 e. The lowest BCUT2D eigenvalue weighted by Crippen LogP contribution is -2.30. The highest BCUT2D eigenvalue weighted by molar-refractivity contribution is 5.44. The van der Waals surface area contributed by atoms with Gasteiger partial charge in [-0.05, 0) is 101 Å². The number of hydrogen-bond donors (Lipinski definition) is 1. The molecule has 0 radical (unpaired) electrons. The van der Waals surface area contributed by atoms with Crippen molar-refractivity contribution in [3.8, 4) is 0 Å². The summed E-state index contributed by atoms with van der Waals surface area (Å²) in [6.45, 7) is 9.11. The molecule has 0 saturated heterocycles. The minimum Gasteiger partial charge on any atom is -0.317 e. The third-order valence-electron chi connectivity index (χ3n) is 5.27. The summed E-state index contributed by atoms with van der Waals surface area (Å²) in [4.78, 5) is 0. The van der Waals surface area contributed by atoms with Gasteiger partial charge < -0.3 is 5.32 Å². The van der Waals surface area contributed by atoms with Gasteiger partial charge in [0.15, 0.2) is 0 Å². The second kappa shape index (κ2) is 6.09. The van der Waals surface area contributed by atoms with E-state index in [1.54, 1.807) is 5.56 Å². The summed E-state index contributed by atoms with van der Waals surface area (Å²) in [7, 11) is 2.10. The number of aryl methyl sites for hydroxylation is 2. The second-order valence-electron chi connectivity index (χ2n) is 6.45. The van der Waals surface area contributed by atoms with Crippen molar-refractivity contribution in [1.82, 2.24) is 5.32 Å². The summed E-state index contributed by atoms with van der Waals surface area (Å²) >= 11 is 0. The Kier molecular flexibility index (Phi) is 4.67. The number of nitrogens with one attached hydrogen (secondary N) is 1. The van der Waals surface area contributed by atoms with Crippen LogP contribution in [0.4, 0.5) is 0 Å². The molecule has 1 nitrogen and oxygen atoms in total. The Morgan fingerprint density at radius 2 is 1.47 bits per heavy atom. The van der Waals surface area contributed by atoms with Crippen LogP contribution in [0.3, 0.4) is 0 Å². The van der Waals surface area contributed by atoms with Gasteiger partial charge >= 0.3 is 0 Å². The standard InChI is InChI=1S/C18H29N/c1-12-10-13(2)15(4)18(14(12)3)11-16-6-8-17(19-5)9-7-16/h10,16-17,19H,6-9,11H2,1-5H3. The van der Waals surface area contributed by atoms with Crippen LogP contribution in [0, 0.1) is 33.6 Å². The van der Waals surface area contributed by atoms with E-state index < -0.39 is 0 Å². The Morgan fingerprint density at radius 1 is 0.947 bits per heavy atom. The lowest BCUT2D eigenvalue weighted by molar-refractivity contribution is 0.300. The molecule has 0 unspecified atom stereocenters. The SMILES string of the molecule is CNC1CCC(Cc2c(C)c(C)cc(C)c2C)CC1. The van der Waals surface area contributed by atoms with E-state index in [0.29, 0.717) is 0 Å². The first kappa shape index (κ1) is 14.6. The highest BCUT2D eigenvalue weighted by Crippen LogP contribution is 2.31. The summed E-state index contributed by atoms with van der Waals surface area (Å²) in [5, 5.41) is 3.43. The molecule has 1 N–H and O–H groups in total. The number of rotatable bonds is 3. The van der Waals surface area contributed by atoms with Crippen molar-refractivity contribution in [1.29, 1.82) is 0 Å². The van der Waals surface area contributed by atoms with E-state index in [2.05, 4.69) is 46.1 Å². The fourth-order valence-corrected chi connectivity index (χ4v) is 3.55. The van der Waals surface area contributed by atoms with E-state index in [0.717, 1.165) is 12.0 Å². The zero-order chi connectivity index (χ0) is 14.0. The van der Waals surface area contributed by atoms with Crippen LogP contribution in [0.25, 0.3) is 0 Å². The molecule has 1 fully saturated rings. The van der Waals surface area contributed by atoms with Crippen molar-refractivity contribution in [2.75, 3.05) is 7.05 Å². The largest absolute Gasteiger partial charge is 0.317 e. The van der Waals surface area contributed by atoms with Crippen LogP contribution >= 0.6 is 0 Å². The van der Waals surface area contributed by atoms with Gasteiger partial charge in [0.25, 0.3) is 0 Å². The second-order valence-corrected chi connectivity index (χ2v) is 6.45. The first-order valence-electron chi connectivity index (χ1n) is 7.76. The Balaban J connectivity index is 2.12. The third-order valence-corrected chi connectivity index (χ3v) is 5.27. The molecule has 19 heavy (non-hydrogen) atoms. The molecule has 0 amide bonds. The van der Waals surface area contributed by atoms with Gasteiger partial charge in [-0.25, -0.2) is 0 Å². The quantitative estimate of drug-likeness (QED) is 0.856. The van der Waals surface area contributed by atoms with Gasteiger partial charge in [0.2, 0.25) is 0 Å². The average molecular weight is 259 g/mol. The van der Waals surface area contributed by atoms with Crippen molar-refractivity contribution >= 4 is 0 Å². The van der Waals surface area contributed by atoms with Crippen LogP contribution in [-0.4, -0.2) is 13.1 Å². The molecule has 0 spiro atoms. The molecule has 1 aliphatic carbocycles. The third kappa shape index (κ3) is 3.20. The fraction of sp³-hybridized carbons (Fsp3) is 0.667. The Bertz CT molecular complexity index is 413. The molecule has 0 aromatic heterocycles. The van der Waals surface area contributed by atoms with Crippen LogP contribution in [0.15, 0.2) is 6.07 Å². The molecular formula is C18H29N. The maximum Gasteiger partial charge on any atom is 0.00642 e. The molecule has 1 heteroatoms. The van der Waals surface area contributed by atoms with E-state index in [9.17, 15) is 0 Å². The van der Waals surface area contributed by atoms with E-state index in [-0.39, 0.29) is 0 Å². The van der Waals surface area contributed by atoms with E-state index in [4.69, 9.17) is 0 Å². The van der Waals surface area contributed by atoms with Gasteiger partial charge in [0.05, 0.1) is 0 Å². The monoisotopic (exact) mass is 259 g/mol. The lowest BCUT2D eigenvalue weighted by atomic mass is 9.80. The summed E-state index contributed by atoms with van der Waals surface area (Å²) in [5.41, 5.74) is 7.60. The normalized spacial score (nSPS) is 23.6. The number of hydrogen-bond acceptors (Lipinski definition) is 1. The molecular weight excluding hydrogens is 230 g/mol. The van der Waals surface area contributed by atoms with E-state index in [1.165, 1.54) is 54.4 Å². The van der Waals surface area contributed by atoms with Crippen molar-refractivity contribution < 1.29 is 0 Å². The Labute approximate surface area is 118 Å². The van der Waals surface area contributed by atoms with Gasteiger partial charge in [-0.1, -0.05) is 6.07 Å². The summed E-state index contributed by atoms with van der Waals surface area (Å²) in [5.74, 6) is 0.892. The summed E-state index contributed by atoms with van der Waals surface area (Å²) < 4.78 is 0.